The summed E-state index contributed by atoms with van der Waals surface area (Å²) in [5.41, 5.74) is 0. The molecule has 0 N–H and O–H groups in total. The molecule has 0 radical (unpaired) electrons. The van der Waals surface area contributed by atoms with Gasteiger partial charge in [-0.05, 0) is 47.6 Å². The molecule has 0 aliphatic carbocycles. The van der Waals surface area contributed by atoms with Crippen molar-refractivity contribution in [3.8, 4) is 0 Å². The fourth-order valence-electron chi connectivity index (χ4n) is 1.86. The van der Waals surface area contributed by atoms with E-state index in [1.807, 2.05) is 11.0 Å². The van der Waals surface area contributed by atoms with Crippen LogP contribution in [0.15, 0.2) is 16.5 Å². The van der Waals surface area contributed by atoms with Crippen LogP contribution >= 0.6 is 22.6 Å². The van der Waals surface area contributed by atoms with E-state index in [2.05, 4.69) is 22.6 Å². The van der Waals surface area contributed by atoms with Gasteiger partial charge in [0.2, 0.25) is 0 Å². The summed E-state index contributed by atoms with van der Waals surface area (Å²) in [6.45, 7) is 1.74. The minimum absolute atomic E-state index is 0.0415. The standard InChI is InChI=1S/C11H14INO2/c12-10-6-5-9(15-10)11(14)13-7-3-1-2-4-8-13/h5-6H,1-4,7-8H2. The van der Waals surface area contributed by atoms with Crippen molar-refractivity contribution in [3.63, 3.8) is 0 Å². The van der Waals surface area contributed by atoms with Crippen molar-refractivity contribution in [2.45, 2.75) is 25.7 Å². The van der Waals surface area contributed by atoms with Gasteiger partial charge in [0.25, 0.3) is 5.91 Å². The predicted molar refractivity (Wildman–Crippen MR) is 65.8 cm³/mol. The summed E-state index contributed by atoms with van der Waals surface area (Å²) in [4.78, 5) is 13.9. The second-order valence-electron chi connectivity index (χ2n) is 3.81. The number of hydrogen-bond acceptors (Lipinski definition) is 2. The Bertz CT molecular complexity index is 340. The molecule has 0 bridgehead atoms. The second-order valence-corrected chi connectivity index (χ2v) is 4.87. The number of rotatable bonds is 1. The summed E-state index contributed by atoms with van der Waals surface area (Å²) in [5, 5.41) is 0. The summed E-state index contributed by atoms with van der Waals surface area (Å²) in [5.74, 6) is 0.515. The Morgan fingerprint density at radius 2 is 1.87 bits per heavy atom. The molecule has 15 heavy (non-hydrogen) atoms. The lowest BCUT2D eigenvalue weighted by atomic mass is 10.2. The first kappa shape index (κ1) is 11.0. The third kappa shape index (κ3) is 2.74. The summed E-state index contributed by atoms with van der Waals surface area (Å²) in [6, 6.07) is 3.58. The Morgan fingerprint density at radius 1 is 1.20 bits per heavy atom. The molecule has 1 fully saturated rings. The predicted octanol–water partition coefficient (Wildman–Crippen LogP) is 2.90. The van der Waals surface area contributed by atoms with Gasteiger partial charge in [-0.2, -0.15) is 0 Å². The zero-order valence-electron chi connectivity index (χ0n) is 8.54. The molecule has 1 aromatic rings. The van der Waals surface area contributed by atoms with Crippen LogP contribution in [0.1, 0.15) is 36.2 Å². The van der Waals surface area contributed by atoms with Gasteiger partial charge >= 0.3 is 0 Å². The highest BCUT2D eigenvalue weighted by Crippen LogP contribution is 2.16. The van der Waals surface area contributed by atoms with Crippen LogP contribution in [-0.4, -0.2) is 23.9 Å². The van der Waals surface area contributed by atoms with Crippen LogP contribution in [0.3, 0.4) is 0 Å². The first-order chi connectivity index (χ1) is 7.27. The number of halogens is 1. The molecule has 0 saturated carbocycles. The third-order valence-corrected chi connectivity index (χ3v) is 3.26. The summed E-state index contributed by atoms with van der Waals surface area (Å²) in [6.07, 6.45) is 4.70. The van der Waals surface area contributed by atoms with Crippen LogP contribution in [0.5, 0.6) is 0 Å². The van der Waals surface area contributed by atoms with Gasteiger partial charge in [-0.15, -0.1) is 0 Å². The van der Waals surface area contributed by atoms with Crippen molar-refractivity contribution in [2.75, 3.05) is 13.1 Å². The fraction of sp³-hybridized carbons (Fsp3) is 0.545. The molecular weight excluding hydrogens is 305 g/mol. The maximum Gasteiger partial charge on any atom is 0.289 e. The third-order valence-electron chi connectivity index (χ3n) is 2.68. The van der Waals surface area contributed by atoms with E-state index in [4.69, 9.17) is 4.42 Å². The molecule has 0 aromatic carbocycles. The van der Waals surface area contributed by atoms with Crippen LogP contribution in [0, 0.1) is 3.77 Å². The molecule has 1 aliphatic heterocycles. The van der Waals surface area contributed by atoms with Crippen LogP contribution in [-0.2, 0) is 0 Å². The van der Waals surface area contributed by atoms with E-state index >= 15 is 0 Å². The van der Waals surface area contributed by atoms with Crippen molar-refractivity contribution < 1.29 is 9.21 Å². The molecule has 82 valence electrons. The van der Waals surface area contributed by atoms with Gasteiger partial charge in [-0.1, -0.05) is 12.8 Å². The Labute approximate surface area is 103 Å². The Hall–Kier alpha value is -0.520. The summed E-state index contributed by atoms with van der Waals surface area (Å²) >= 11 is 2.08. The SMILES string of the molecule is O=C(c1ccc(I)o1)N1CCCCCC1. The van der Waals surface area contributed by atoms with Gasteiger partial charge in [-0.3, -0.25) is 4.79 Å². The van der Waals surface area contributed by atoms with Gasteiger partial charge in [0.1, 0.15) is 0 Å². The highest BCUT2D eigenvalue weighted by molar-refractivity contribution is 14.1. The number of carbonyl (C=O) groups excluding carboxylic acids is 1. The highest BCUT2D eigenvalue weighted by atomic mass is 127. The average Bonchev–Trinajstić information content (AvgIpc) is 2.53. The fourth-order valence-corrected chi connectivity index (χ4v) is 2.28. The monoisotopic (exact) mass is 319 g/mol. The molecule has 1 saturated heterocycles. The van der Waals surface area contributed by atoms with E-state index in [9.17, 15) is 4.79 Å². The number of nitrogens with zero attached hydrogens (tertiary/aromatic N) is 1. The molecule has 1 aromatic heterocycles. The lowest BCUT2D eigenvalue weighted by Crippen LogP contribution is -2.31. The van der Waals surface area contributed by atoms with Crippen LogP contribution in [0.25, 0.3) is 0 Å². The van der Waals surface area contributed by atoms with Gasteiger partial charge in [-0.25, -0.2) is 0 Å². The van der Waals surface area contributed by atoms with Gasteiger partial charge < -0.3 is 9.32 Å². The topological polar surface area (TPSA) is 33.5 Å². The maximum atomic E-state index is 12.0. The van der Waals surface area contributed by atoms with Crippen molar-refractivity contribution in [3.05, 3.63) is 21.7 Å². The van der Waals surface area contributed by atoms with Crippen molar-refractivity contribution in [1.82, 2.24) is 4.90 Å². The van der Waals surface area contributed by atoms with E-state index in [0.717, 1.165) is 29.7 Å². The molecular formula is C11H14INO2. The number of amides is 1. The van der Waals surface area contributed by atoms with Gasteiger partial charge in [0, 0.05) is 13.1 Å². The van der Waals surface area contributed by atoms with Gasteiger partial charge in [0.15, 0.2) is 9.53 Å². The van der Waals surface area contributed by atoms with E-state index in [1.54, 1.807) is 6.07 Å². The zero-order chi connectivity index (χ0) is 10.7. The van der Waals surface area contributed by atoms with E-state index in [-0.39, 0.29) is 5.91 Å². The average molecular weight is 319 g/mol. The Balaban J connectivity index is 2.06. The van der Waals surface area contributed by atoms with Crippen molar-refractivity contribution in [1.29, 1.82) is 0 Å². The Kier molecular flexibility index (Phi) is 3.66. The zero-order valence-corrected chi connectivity index (χ0v) is 10.7. The minimum atomic E-state index is 0.0415. The number of furan rings is 1. The molecule has 2 rings (SSSR count). The minimum Gasteiger partial charge on any atom is -0.445 e. The van der Waals surface area contributed by atoms with Crippen LogP contribution in [0.2, 0.25) is 0 Å². The second kappa shape index (κ2) is 5.01. The van der Waals surface area contributed by atoms with E-state index < -0.39 is 0 Å². The van der Waals surface area contributed by atoms with Crippen molar-refractivity contribution in [2.24, 2.45) is 0 Å². The number of likely N-dealkylation sites (tertiary alicyclic amines) is 1. The largest absolute Gasteiger partial charge is 0.445 e. The summed E-state index contributed by atoms with van der Waals surface area (Å²) in [7, 11) is 0. The molecule has 3 nitrogen and oxygen atoms in total. The number of hydrogen-bond donors (Lipinski definition) is 0. The molecule has 0 unspecified atom stereocenters. The van der Waals surface area contributed by atoms with Crippen LogP contribution in [0.4, 0.5) is 0 Å². The first-order valence-electron chi connectivity index (χ1n) is 5.32. The number of carbonyl (C=O) groups is 1. The normalized spacial score (nSPS) is 17.5. The molecule has 1 aliphatic rings. The van der Waals surface area contributed by atoms with Gasteiger partial charge in [0.05, 0.1) is 0 Å². The molecule has 4 heteroatoms. The molecule has 1 amide bonds. The molecule has 0 spiro atoms. The van der Waals surface area contributed by atoms with E-state index in [0.29, 0.717) is 5.76 Å². The quantitative estimate of drug-likeness (QED) is 0.746. The first-order valence-corrected chi connectivity index (χ1v) is 6.40. The van der Waals surface area contributed by atoms with E-state index in [1.165, 1.54) is 12.8 Å². The molecule has 2 heterocycles. The molecule has 0 atom stereocenters. The summed E-state index contributed by atoms with van der Waals surface area (Å²) < 4.78 is 6.10. The lowest BCUT2D eigenvalue weighted by molar-refractivity contribution is 0.0728. The Morgan fingerprint density at radius 3 is 2.40 bits per heavy atom. The maximum absolute atomic E-state index is 12.0. The lowest BCUT2D eigenvalue weighted by Gasteiger charge is -2.18. The van der Waals surface area contributed by atoms with Crippen LogP contribution < -0.4 is 0 Å². The van der Waals surface area contributed by atoms with Crippen molar-refractivity contribution >= 4 is 28.5 Å². The highest BCUT2D eigenvalue weighted by Gasteiger charge is 2.19. The smallest absolute Gasteiger partial charge is 0.289 e.